The maximum absolute atomic E-state index is 6.28. The number of nitrogens with two attached hydrogens (primary N) is 1. The SMILES string of the molecule is COc1ccc(Br)c(CC(N)CC2CCCC2)c1. The summed E-state index contributed by atoms with van der Waals surface area (Å²) in [7, 11) is 1.70. The second kappa shape index (κ2) is 6.58. The van der Waals surface area contributed by atoms with Gasteiger partial charge in [-0.1, -0.05) is 41.6 Å². The van der Waals surface area contributed by atoms with Crippen molar-refractivity contribution in [3.63, 3.8) is 0 Å². The Morgan fingerprint density at radius 1 is 1.39 bits per heavy atom. The Balaban J connectivity index is 1.94. The summed E-state index contributed by atoms with van der Waals surface area (Å²) >= 11 is 3.59. The standard InChI is InChI=1S/C15H22BrNO/c1-18-14-6-7-15(16)12(10-14)9-13(17)8-11-4-2-3-5-11/h6-7,10-11,13H,2-5,8-9,17H2,1H3. The van der Waals surface area contributed by atoms with Gasteiger partial charge in [0.2, 0.25) is 0 Å². The van der Waals surface area contributed by atoms with E-state index in [1.165, 1.54) is 31.2 Å². The molecule has 0 radical (unpaired) electrons. The van der Waals surface area contributed by atoms with Crippen molar-refractivity contribution in [2.75, 3.05) is 7.11 Å². The van der Waals surface area contributed by atoms with Crippen LogP contribution in [0.5, 0.6) is 5.75 Å². The van der Waals surface area contributed by atoms with Gasteiger partial charge in [0.1, 0.15) is 5.75 Å². The number of rotatable bonds is 5. The minimum absolute atomic E-state index is 0.261. The molecule has 1 saturated carbocycles. The van der Waals surface area contributed by atoms with Crippen LogP contribution in [-0.2, 0) is 6.42 Å². The van der Waals surface area contributed by atoms with E-state index in [9.17, 15) is 0 Å². The molecule has 0 bridgehead atoms. The third-order valence-electron chi connectivity index (χ3n) is 3.85. The van der Waals surface area contributed by atoms with E-state index in [1.54, 1.807) is 7.11 Å². The van der Waals surface area contributed by atoms with Gasteiger partial charge in [-0.2, -0.15) is 0 Å². The van der Waals surface area contributed by atoms with Crippen LogP contribution in [0, 0.1) is 5.92 Å². The molecular weight excluding hydrogens is 290 g/mol. The van der Waals surface area contributed by atoms with E-state index in [2.05, 4.69) is 22.0 Å². The molecule has 2 nitrogen and oxygen atoms in total. The van der Waals surface area contributed by atoms with E-state index in [-0.39, 0.29) is 6.04 Å². The maximum Gasteiger partial charge on any atom is 0.119 e. The molecular formula is C15H22BrNO. The van der Waals surface area contributed by atoms with Crippen LogP contribution in [0.15, 0.2) is 22.7 Å². The smallest absolute Gasteiger partial charge is 0.119 e. The highest BCUT2D eigenvalue weighted by Gasteiger charge is 2.18. The van der Waals surface area contributed by atoms with Crippen molar-refractivity contribution in [1.82, 2.24) is 0 Å². The van der Waals surface area contributed by atoms with Gasteiger partial charge < -0.3 is 10.5 Å². The highest BCUT2D eigenvalue weighted by atomic mass is 79.9. The first-order valence-corrected chi connectivity index (χ1v) is 7.56. The Kier molecular flexibility index (Phi) is 5.07. The fourth-order valence-electron chi connectivity index (χ4n) is 2.87. The molecule has 0 spiro atoms. The molecule has 0 heterocycles. The molecule has 0 aromatic heterocycles. The van der Waals surface area contributed by atoms with Gasteiger partial charge in [-0.3, -0.25) is 0 Å². The predicted molar refractivity (Wildman–Crippen MR) is 78.9 cm³/mol. The maximum atomic E-state index is 6.28. The van der Waals surface area contributed by atoms with E-state index < -0.39 is 0 Å². The van der Waals surface area contributed by atoms with Gasteiger partial charge in [0, 0.05) is 10.5 Å². The first kappa shape index (κ1) is 13.9. The van der Waals surface area contributed by atoms with E-state index in [4.69, 9.17) is 10.5 Å². The molecule has 0 amide bonds. The Bertz CT molecular complexity index is 388. The molecule has 100 valence electrons. The number of hydrogen-bond donors (Lipinski definition) is 1. The molecule has 18 heavy (non-hydrogen) atoms. The molecule has 0 aliphatic heterocycles. The molecule has 1 unspecified atom stereocenters. The zero-order valence-electron chi connectivity index (χ0n) is 11.0. The second-order valence-corrected chi connectivity index (χ2v) is 6.16. The summed E-state index contributed by atoms with van der Waals surface area (Å²) in [4.78, 5) is 0. The van der Waals surface area contributed by atoms with Crippen LogP contribution in [0.25, 0.3) is 0 Å². The van der Waals surface area contributed by atoms with Crippen molar-refractivity contribution in [2.24, 2.45) is 11.7 Å². The molecule has 1 aromatic rings. The van der Waals surface area contributed by atoms with Crippen LogP contribution >= 0.6 is 15.9 Å². The molecule has 3 heteroatoms. The molecule has 1 fully saturated rings. The van der Waals surface area contributed by atoms with E-state index in [1.807, 2.05) is 12.1 Å². The highest BCUT2D eigenvalue weighted by molar-refractivity contribution is 9.10. The third kappa shape index (κ3) is 3.72. The summed E-state index contributed by atoms with van der Waals surface area (Å²) < 4.78 is 6.39. The fourth-order valence-corrected chi connectivity index (χ4v) is 3.28. The van der Waals surface area contributed by atoms with Crippen LogP contribution in [0.3, 0.4) is 0 Å². The van der Waals surface area contributed by atoms with Gasteiger partial charge in [-0.25, -0.2) is 0 Å². The summed E-state index contributed by atoms with van der Waals surface area (Å²) in [6, 6.07) is 6.35. The lowest BCUT2D eigenvalue weighted by Gasteiger charge is -2.17. The molecule has 1 aliphatic carbocycles. The predicted octanol–water partition coefficient (Wildman–Crippen LogP) is 3.91. The number of benzene rings is 1. The number of hydrogen-bond acceptors (Lipinski definition) is 2. The monoisotopic (exact) mass is 311 g/mol. The van der Waals surface area contributed by atoms with Gasteiger partial charge in [-0.05, 0) is 42.5 Å². The molecule has 1 aliphatic rings. The molecule has 1 atom stereocenters. The summed E-state index contributed by atoms with van der Waals surface area (Å²) in [5.41, 5.74) is 7.53. The van der Waals surface area contributed by atoms with Gasteiger partial charge >= 0.3 is 0 Å². The van der Waals surface area contributed by atoms with Crippen molar-refractivity contribution >= 4 is 15.9 Å². The summed E-state index contributed by atoms with van der Waals surface area (Å²) in [5, 5.41) is 0. The Hall–Kier alpha value is -0.540. The second-order valence-electron chi connectivity index (χ2n) is 5.31. The molecule has 0 saturated heterocycles. The Morgan fingerprint density at radius 3 is 2.78 bits per heavy atom. The van der Waals surface area contributed by atoms with Crippen LogP contribution < -0.4 is 10.5 Å². The summed E-state index contributed by atoms with van der Waals surface area (Å²) in [6.07, 6.45) is 7.60. The summed E-state index contributed by atoms with van der Waals surface area (Å²) in [6.45, 7) is 0. The minimum atomic E-state index is 0.261. The van der Waals surface area contributed by atoms with Gasteiger partial charge in [0.25, 0.3) is 0 Å². The van der Waals surface area contributed by atoms with Crippen molar-refractivity contribution in [3.05, 3.63) is 28.2 Å². The zero-order chi connectivity index (χ0) is 13.0. The minimum Gasteiger partial charge on any atom is -0.497 e. The van der Waals surface area contributed by atoms with Crippen LogP contribution in [0.4, 0.5) is 0 Å². The number of ether oxygens (including phenoxy) is 1. The molecule has 1 aromatic carbocycles. The lowest BCUT2D eigenvalue weighted by Crippen LogP contribution is -2.25. The van der Waals surface area contributed by atoms with E-state index >= 15 is 0 Å². The van der Waals surface area contributed by atoms with Crippen LogP contribution in [-0.4, -0.2) is 13.2 Å². The lowest BCUT2D eigenvalue weighted by atomic mass is 9.94. The quantitative estimate of drug-likeness (QED) is 0.895. The number of methoxy groups -OCH3 is 1. The first-order chi connectivity index (χ1) is 8.69. The molecule has 2 N–H and O–H groups in total. The van der Waals surface area contributed by atoms with Gasteiger partial charge in [-0.15, -0.1) is 0 Å². The zero-order valence-corrected chi connectivity index (χ0v) is 12.6. The molecule has 2 rings (SSSR count). The van der Waals surface area contributed by atoms with E-state index in [0.29, 0.717) is 0 Å². The topological polar surface area (TPSA) is 35.2 Å². The summed E-state index contributed by atoms with van der Waals surface area (Å²) in [5.74, 6) is 1.76. The van der Waals surface area contributed by atoms with Crippen molar-refractivity contribution < 1.29 is 4.74 Å². The number of halogens is 1. The Morgan fingerprint density at radius 2 is 2.11 bits per heavy atom. The fraction of sp³-hybridized carbons (Fsp3) is 0.600. The normalized spacial score (nSPS) is 17.9. The lowest BCUT2D eigenvalue weighted by molar-refractivity contribution is 0.412. The average molecular weight is 312 g/mol. The third-order valence-corrected chi connectivity index (χ3v) is 4.62. The van der Waals surface area contributed by atoms with Crippen molar-refractivity contribution in [3.8, 4) is 5.75 Å². The first-order valence-electron chi connectivity index (χ1n) is 6.77. The Labute approximate surface area is 118 Å². The average Bonchev–Trinajstić information content (AvgIpc) is 2.84. The van der Waals surface area contributed by atoms with Gasteiger partial charge in [0.05, 0.1) is 7.11 Å². The van der Waals surface area contributed by atoms with Crippen LogP contribution in [0.1, 0.15) is 37.7 Å². The van der Waals surface area contributed by atoms with Gasteiger partial charge in [0.15, 0.2) is 0 Å². The van der Waals surface area contributed by atoms with Crippen molar-refractivity contribution in [2.45, 2.75) is 44.6 Å². The van der Waals surface area contributed by atoms with E-state index in [0.717, 1.165) is 29.0 Å². The van der Waals surface area contributed by atoms with Crippen LogP contribution in [0.2, 0.25) is 0 Å². The highest BCUT2D eigenvalue weighted by Crippen LogP contribution is 2.30. The van der Waals surface area contributed by atoms with Crippen molar-refractivity contribution in [1.29, 1.82) is 0 Å². The largest absolute Gasteiger partial charge is 0.497 e.